The van der Waals surface area contributed by atoms with Gasteiger partial charge in [-0.2, -0.15) is 0 Å². The number of nitrogens with zero attached hydrogens (tertiary/aromatic N) is 1. The van der Waals surface area contributed by atoms with Gasteiger partial charge in [0.05, 0.1) is 6.61 Å². The second kappa shape index (κ2) is 5.83. The summed E-state index contributed by atoms with van der Waals surface area (Å²) in [7, 11) is 0. The third-order valence-electron chi connectivity index (χ3n) is 3.62. The molecule has 0 fully saturated rings. The van der Waals surface area contributed by atoms with Gasteiger partial charge in [0, 0.05) is 34.4 Å². The lowest BCUT2D eigenvalue weighted by Crippen LogP contribution is -2.06. The SMILES string of the molecule is C=CC(=O)OCCCn1c2ccccc2c2ccccc21. The fraction of sp³-hybridized carbons (Fsp3) is 0.167. The lowest BCUT2D eigenvalue weighted by molar-refractivity contribution is -0.137. The summed E-state index contributed by atoms with van der Waals surface area (Å²) in [5.74, 6) is -0.364. The molecule has 3 heteroatoms. The molecule has 0 amide bonds. The summed E-state index contributed by atoms with van der Waals surface area (Å²) < 4.78 is 7.33. The molecular formula is C18H17NO2. The fourth-order valence-electron chi connectivity index (χ4n) is 2.70. The normalized spacial score (nSPS) is 10.9. The first-order valence-electron chi connectivity index (χ1n) is 7.06. The van der Waals surface area contributed by atoms with Gasteiger partial charge in [-0.3, -0.25) is 0 Å². The second-order valence-electron chi connectivity index (χ2n) is 4.91. The zero-order valence-electron chi connectivity index (χ0n) is 11.8. The van der Waals surface area contributed by atoms with Crippen LogP contribution >= 0.6 is 0 Å². The molecule has 1 aromatic heterocycles. The quantitative estimate of drug-likeness (QED) is 0.403. The van der Waals surface area contributed by atoms with E-state index in [1.807, 2.05) is 0 Å². The molecule has 0 atom stereocenters. The predicted octanol–water partition coefficient (Wildman–Crippen LogP) is 3.91. The number of aromatic nitrogens is 1. The van der Waals surface area contributed by atoms with E-state index < -0.39 is 0 Å². The van der Waals surface area contributed by atoms with Crippen LogP contribution in [0.1, 0.15) is 6.42 Å². The maximum atomic E-state index is 11.1. The number of para-hydroxylation sites is 2. The van der Waals surface area contributed by atoms with Crippen molar-refractivity contribution in [3.63, 3.8) is 0 Å². The Hall–Kier alpha value is -2.55. The number of aryl methyl sites for hydroxylation is 1. The number of ether oxygens (including phenoxy) is 1. The van der Waals surface area contributed by atoms with Gasteiger partial charge in [0.25, 0.3) is 0 Å². The van der Waals surface area contributed by atoms with Crippen LogP contribution in [-0.4, -0.2) is 17.1 Å². The Balaban J connectivity index is 1.89. The van der Waals surface area contributed by atoms with E-state index in [9.17, 15) is 4.79 Å². The molecule has 0 spiro atoms. The summed E-state index contributed by atoms with van der Waals surface area (Å²) in [5, 5.41) is 2.52. The van der Waals surface area contributed by atoms with E-state index in [0.29, 0.717) is 6.61 Å². The highest BCUT2D eigenvalue weighted by molar-refractivity contribution is 6.07. The van der Waals surface area contributed by atoms with Gasteiger partial charge >= 0.3 is 5.97 Å². The highest BCUT2D eigenvalue weighted by Crippen LogP contribution is 2.28. The molecule has 0 aliphatic rings. The summed E-state index contributed by atoms with van der Waals surface area (Å²) >= 11 is 0. The van der Waals surface area contributed by atoms with Crippen LogP contribution in [0.2, 0.25) is 0 Å². The van der Waals surface area contributed by atoms with Gasteiger partial charge in [-0.15, -0.1) is 0 Å². The van der Waals surface area contributed by atoms with Crippen molar-refractivity contribution >= 4 is 27.8 Å². The summed E-state index contributed by atoms with van der Waals surface area (Å²) in [6.45, 7) is 4.62. The van der Waals surface area contributed by atoms with Crippen LogP contribution in [0.25, 0.3) is 21.8 Å². The first kappa shape index (κ1) is 13.4. The molecule has 0 saturated heterocycles. The number of benzene rings is 2. The van der Waals surface area contributed by atoms with E-state index in [1.54, 1.807) is 0 Å². The Morgan fingerprint density at radius 3 is 2.19 bits per heavy atom. The molecule has 0 N–H and O–H groups in total. The average molecular weight is 279 g/mol. The van der Waals surface area contributed by atoms with Gasteiger partial charge < -0.3 is 9.30 Å². The third-order valence-corrected chi connectivity index (χ3v) is 3.62. The van der Waals surface area contributed by atoms with Gasteiger partial charge in [0.1, 0.15) is 0 Å². The molecule has 3 nitrogen and oxygen atoms in total. The molecule has 3 aromatic rings. The molecule has 2 aromatic carbocycles. The number of esters is 1. The third kappa shape index (κ3) is 2.55. The van der Waals surface area contributed by atoms with E-state index in [-0.39, 0.29) is 5.97 Å². The minimum Gasteiger partial charge on any atom is -0.462 e. The number of fused-ring (bicyclic) bond motifs is 3. The van der Waals surface area contributed by atoms with E-state index in [2.05, 4.69) is 59.7 Å². The number of rotatable bonds is 5. The van der Waals surface area contributed by atoms with Crippen LogP contribution < -0.4 is 0 Å². The predicted molar refractivity (Wildman–Crippen MR) is 85.2 cm³/mol. The molecule has 0 bridgehead atoms. The standard InChI is InChI=1S/C18H17NO2/c1-2-18(20)21-13-7-12-19-16-10-5-3-8-14(16)15-9-4-6-11-17(15)19/h2-6,8-11H,1,7,12-13H2. The Morgan fingerprint density at radius 2 is 1.62 bits per heavy atom. The van der Waals surface area contributed by atoms with Crippen LogP contribution in [0, 0.1) is 0 Å². The monoisotopic (exact) mass is 279 g/mol. The van der Waals surface area contributed by atoms with Crippen LogP contribution in [0.15, 0.2) is 61.2 Å². The maximum absolute atomic E-state index is 11.1. The highest BCUT2D eigenvalue weighted by atomic mass is 16.5. The number of hydrogen-bond donors (Lipinski definition) is 0. The summed E-state index contributed by atoms with van der Waals surface area (Å²) in [5.41, 5.74) is 2.43. The van der Waals surface area contributed by atoms with E-state index in [1.165, 1.54) is 27.9 Å². The Kier molecular flexibility index (Phi) is 3.73. The van der Waals surface area contributed by atoms with E-state index in [4.69, 9.17) is 4.74 Å². The van der Waals surface area contributed by atoms with Crippen molar-refractivity contribution in [2.45, 2.75) is 13.0 Å². The smallest absolute Gasteiger partial charge is 0.330 e. The Morgan fingerprint density at radius 1 is 1.05 bits per heavy atom. The van der Waals surface area contributed by atoms with Crippen molar-refractivity contribution in [1.29, 1.82) is 0 Å². The van der Waals surface area contributed by atoms with Crippen LogP contribution in [-0.2, 0) is 16.1 Å². The number of carbonyl (C=O) groups excluding carboxylic acids is 1. The summed E-state index contributed by atoms with van der Waals surface area (Å²) in [4.78, 5) is 11.1. The summed E-state index contributed by atoms with van der Waals surface area (Å²) in [6.07, 6.45) is 1.97. The molecule has 0 aliphatic heterocycles. The number of carbonyl (C=O) groups is 1. The maximum Gasteiger partial charge on any atom is 0.330 e. The van der Waals surface area contributed by atoms with Crippen LogP contribution in [0.5, 0.6) is 0 Å². The van der Waals surface area contributed by atoms with Crippen molar-refractivity contribution in [1.82, 2.24) is 4.57 Å². The lowest BCUT2D eigenvalue weighted by atomic mass is 10.2. The topological polar surface area (TPSA) is 31.2 Å². The Labute approximate surface area is 123 Å². The van der Waals surface area contributed by atoms with Crippen molar-refractivity contribution in [3.8, 4) is 0 Å². The molecule has 0 radical (unpaired) electrons. The van der Waals surface area contributed by atoms with Crippen molar-refractivity contribution in [2.75, 3.05) is 6.61 Å². The number of hydrogen-bond acceptors (Lipinski definition) is 2. The minimum absolute atomic E-state index is 0.364. The first-order chi connectivity index (χ1) is 10.3. The van der Waals surface area contributed by atoms with E-state index >= 15 is 0 Å². The molecule has 0 unspecified atom stereocenters. The molecule has 106 valence electrons. The van der Waals surface area contributed by atoms with Crippen molar-refractivity contribution in [3.05, 3.63) is 61.2 Å². The largest absolute Gasteiger partial charge is 0.462 e. The second-order valence-corrected chi connectivity index (χ2v) is 4.91. The summed E-state index contributed by atoms with van der Waals surface area (Å²) in [6, 6.07) is 16.8. The zero-order valence-corrected chi connectivity index (χ0v) is 11.8. The van der Waals surface area contributed by atoms with Gasteiger partial charge in [-0.1, -0.05) is 43.0 Å². The lowest BCUT2D eigenvalue weighted by Gasteiger charge is -2.07. The Bertz CT molecular complexity index is 748. The van der Waals surface area contributed by atoms with Gasteiger partial charge in [0.2, 0.25) is 0 Å². The molecular weight excluding hydrogens is 262 g/mol. The fourth-order valence-corrected chi connectivity index (χ4v) is 2.70. The minimum atomic E-state index is -0.364. The molecule has 0 saturated carbocycles. The first-order valence-corrected chi connectivity index (χ1v) is 7.06. The molecule has 0 aliphatic carbocycles. The zero-order chi connectivity index (χ0) is 14.7. The molecule has 1 heterocycles. The van der Waals surface area contributed by atoms with Crippen LogP contribution in [0.3, 0.4) is 0 Å². The van der Waals surface area contributed by atoms with Gasteiger partial charge in [-0.25, -0.2) is 4.79 Å². The highest BCUT2D eigenvalue weighted by Gasteiger charge is 2.09. The van der Waals surface area contributed by atoms with Gasteiger partial charge in [-0.05, 0) is 18.6 Å². The van der Waals surface area contributed by atoms with E-state index in [0.717, 1.165) is 13.0 Å². The van der Waals surface area contributed by atoms with Crippen molar-refractivity contribution < 1.29 is 9.53 Å². The van der Waals surface area contributed by atoms with Crippen LogP contribution in [0.4, 0.5) is 0 Å². The molecule has 3 rings (SSSR count). The molecule has 21 heavy (non-hydrogen) atoms. The van der Waals surface area contributed by atoms with Gasteiger partial charge in [0.15, 0.2) is 0 Å². The van der Waals surface area contributed by atoms with Crippen molar-refractivity contribution in [2.24, 2.45) is 0 Å². The average Bonchev–Trinajstić information content (AvgIpc) is 2.86.